The minimum absolute atomic E-state index is 0.160. The Hall–Kier alpha value is -2.96. The van der Waals surface area contributed by atoms with Crippen LogP contribution < -0.4 is 5.32 Å². The maximum atomic E-state index is 12.6. The zero-order valence-corrected chi connectivity index (χ0v) is 19.4. The van der Waals surface area contributed by atoms with Crippen molar-refractivity contribution >= 4 is 56.1 Å². The molecule has 32 heavy (non-hydrogen) atoms. The first kappa shape index (κ1) is 20.9. The van der Waals surface area contributed by atoms with Crippen LogP contribution in [-0.2, 0) is 24.2 Å². The van der Waals surface area contributed by atoms with Crippen LogP contribution in [0.4, 0.5) is 5.00 Å². The fourth-order valence-electron chi connectivity index (χ4n) is 4.31. The topological polar surface area (TPSA) is 96.5 Å². The van der Waals surface area contributed by atoms with Crippen LogP contribution in [0.1, 0.15) is 42.2 Å². The lowest BCUT2D eigenvalue weighted by Crippen LogP contribution is -2.14. The number of hydrogen-bond acceptors (Lipinski definition) is 7. The van der Waals surface area contributed by atoms with Gasteiger partial charge >= 0.3 is 0 Å². The molecule has 1 aliphatic carbocycles. The van der Waals surface area contributed by atoms with Crippen LogP contribution in [0.15, 0.2) is 29.4 Å². The molecular formula is C23H22N6OS2. The number of amides is 1. The summed E-state index contributed by atoms with van der Waals surface area (Å²) in [4.78, 5) is 18.6. The van der Waals surface area contributed by atoms with E-state index in [4.69, 9.17) is 0 Å². The lowest BCUT2D eigenvalue weighted by molar-refractivity contribution is -0.113. The van der Waals surface area contributed by atoms with E-state index in [-0.39, 0.29) is 11.7 Å². The Labute approximate surface area is 193 Å². The number of nitrogens with one attached hydrogen (secondary N) is 1. The molecular weight excluding hydrogens is 440 g/mol. The molecule has 162 valence electrons. The minimum atomic E-state index is -0.164. The van der Waals surface area contributed by atoms with Crippen molar-refractivity contribution in [1.29, 1.82) is 5.26 Å². The molecule has 5 rings (SSSR count). The fourth-order valence-corrected chi connectivity index (χ4v) is 6.15. The molecule has 9 heteroatoms. The Morgan fingerprint density at radius 3 is 2.94 bits per heavy atom. The zero-order valence-electron chi connectivity index (χ0n) is 17.7. The molecule has 0 saturated carbocycles. The number of fused-ring (bicyclic) bond motifs is 4. The summed E-state index contributed by atoms with van der Waals surface area (Å²) in [6.07, 6.45) is 5.35. The van der Waals surface area contributed by atoms with Gasteiger partial charge in [0.1, 0.15) is 16.6 Å². The van der Waals surface area contributed by atoms with Crippen LogP contribution in [0.5, 0.6) is 0 Å². The summed E-state index contributed by atoms with van der Waals surface area (Å²) in [6.45, 7) is 2.84. The van der Waals surface area contributed by atoms with E-state index in [1.165, 1.54) is 23.1 Å². The van der Waals surface area contributed by atoms with Gasteiger partial charge in [0.25, 0.3) is 0 Å². The molecule has 0 bridgehead atoms. The highest BCUT2D eigenvalue weighted by Crippen LogP contribution is 2.37. The van der Waals surface area contributed by atoms with Gasteiger partial charge in [-0.1, -0.05) is 36.4 Å². The third-order valence-corrected chi connectivity index (χ3v) is 7.83. The molecule has 4 aromatic rings. The lowest BCUT2D eigenvalue weighted by atomic mass is 10.1. The van der Waals surface area contributed by atoms with Crippen LogP contribution in [-0.4, -0.2) is 31.4 Å². The first-order chi connectivity index (χ1) is 15.7. The van der Waals surface area contributed by atoms with Gasteiger partial charge < -0.3 is 9.88 Å². The second-order valence-electron chi connectivity index (χ2n) is 7.75. The Kier molecular flexibility index (Phi) is 5.81. The number of thioether (sulfide) groups is 1. The zero-order chi connectivity index (χ0) is 22.1. The lowest BCUT2D eigenvalue weighted by Gasteiger charge is -2.04. The van der Waals surface area contributed by atoms with Crippen LogP contribution in [0.2, 0.25) is 0 Å². The number of anilines is 1. The van der Waals surface area contributed by atoms with Gasteiger partial charge in [-0.3, -0.25) is 4.79 Å². The number of aryl methyl sites for hydroxylation is 2. The van der Waals surface area contributed by atoms with Gasteiger partial charge in [-0.2, -0.15) is 5.26 Å². The van der Waals surface area contributed by atoms with Crippen LogP contribution in [0, 0.1) is 11.3 Å². The van der Waals surface area contributed by atoms with Gasteiger partial charge in [-0.25, -0.2) is 4.98 Å². The average Bonchev–Trinajstić information content (AvgIpc) is 3.20. The number of aromatic nitrogens is 4. The predicted molar refractivity (Wildman–Crippen MR) is 128 cm³/mol. The molecule has 0 unspecified atom stereocenters. The summed E-state index contributed by atoms with van der Waals surface area (Å²) in [7, 11) is 0. The van der Waals surface area contributed by atoms with E-state index >= 15 is 0 Å². The van der Waals surface area contributed by atoms with E-state index in [0.717, 1.165) is 59.9 Å². The van der Waals surface area contributed by atoms with E-state index in [1.54, 1.807) is 11.3 Å². The number of benzene rings is 1. The van der Waals surface area contributed by atoms with Crippen LogP contribution >= 0.6 is 23.1 Å². The van der Waals surface area contributed by atoms with E-state index < -0.39 is 0 Å². The second kappa shape index (κ2) is 8.88. The molecule has 1 aromatic carbocycles. The third-order valence-electron chi connectivity index (χ3n) is 5.79. The molecule has 0 spiro atoms. The summed E-state index contributed by atoms with van der Waals surface area (Å²) < 4.78 is 2.11. The summed E-state index contributed by atoms with van der Waals surface area (Å²) >= 11 is 2.80. The van der Waals surface area contributed by atoms with Gasteiger partial charge in [0.05, 0.1) is 16.8 Å². The van der Waals surface area contributed by atoms with Crippen molar-refractivity contribution in [3.63, 3.8) is 0 Å². The van der Waals surface area contributed by atoms with E-state index in [1.807, 2.05) is 18.2 Å². The van der Waals surface area contributed by atoms with Crippen molar-refractivity contribution in [2.45, 2.75) is 50.7 Å². The highest BCUT2D eigenvalue weighted by atomic mass is 32.2. The van der Waals surface area contributed by atoms with Gasteiger partial charge in [-0.05, 0) is 44.2 Å². The Morgan fingerprint density at radius 1 is 1.25 bits per heavy atom. The molecule has 0 aliphatic heterocycles. The molecule has 0 saturated heterocycles. The molecule has 1 aliphatic rings. The van der Waals surface area contributed by atoms with Crippen LogP contribution in [0.25, 0.3) is 22.1 Å². The van der Waals surface area contributed by atoms with Crippen molar-refractivity contribution in [3.8, 4) is 6.07 Å². The Balaban J connectivity index is 1.33. The summed E-state index contributed by atoms with van der Waals surface area (Å²) in [5.41, 5.74) is 4.39. The number of carbonyl (C=O) groups excluding carboxylic acids is 1. The highest BCUT2D eigenvalue weighted by Gasteiger charge is 2.21. The fraction of sp³-hybridized carbons (Fsp3) is 0.348. The molecule has 3 aromatic heterocycles. The normalized spacial score (nSPS) is 13.6. The maximum Gasteiger partial charge on any atom is 0.235 e. The molecule has 3 heterocycles. The number of para-hydroxylation sites is 1. The number of thiophene rings is 1. The maximum absolute atomic E-state index is 12.6. The standard InChI is InChI=1S/C23H22N6OS2/c1-2-29-17-10-7-6-9-15(17)20-21(29)26-23(28-27-20)31-13-19(30)25-22-16(12-24)14-8-4-3-5-11-18(14)32-22/h6-7,9-10H,2-5,8,11,13H2,1H3,(H,25,30). The SMILES string of the molecule is CCn1c2ccccc2c2nnc(SCC(=O)Nc3sc4c(c3C#N)CCCCC4)nc21. The van der Waals surface area contributed by atoms with E-state index in [0.29, 0.717) is 15.7 Å². The summed E-state index contributed by atoms with van der Waals surface area (Å²) in [5.74, 6) is -0.00452. The number of hydrogen-bond donors (Lipinski definition) is 1. The van der Waals surface area contributed by atoms with E-state index in [2.05, 4.69) is 44.1 Å². The van der Waals surface area contributed by atoms with Crippen LogP contribution in [0.3, 0.4) is 0 Å². The smallest absolute Gasteiger partial charge is 0.235 e. The monoisotopic (exact) mass is 462 g/mol. The number of nitrogens with zero attached hydrogens (tertiary/aromatic N) is 5. The minimum Gasteiger partial charge on any atom is -0.324 e. The van der Waals surface area contributed by atoms with Crippen molar-refractivity contribution in [2.24, 2.45) is 0 Å². The molecule has 1 N–H and O–H groups in total. The first-order valence-corrected chi connectivity index (χ1v) is 12.6. The number of carbonyl (C=O) groups is 1. The van der Waals surface area contributed by atoms with Gasteiger partial charge in [0.15, 0.2) is 5.65 Å². The molecule has 0 fully saturated rings. The molecule has 7 nitrogen and oxygen atoms in total. The number of nitriles is 1. The van der Waals surface area contributed by atoms with Gasteiger partial charge in [-0.15, -0.1) is 21.5 Å². The number of rotatable bonds is 5. The van der Waals surface area contributed by atoms with Crippen molar-refractivity contribution in [3.05, 3.63) is 40.3 Å². The Bertz CT molecular complexity index is 1370. The summed E-state index contributed by atoms with van der Waals surface area (Å²) in [6, 6.07) is 10.4. The Morgan fingerprint density at radius 2 is 2.09 bits per heavy atom. The molecule has 0 radical (unpaired) electrons. The largest absolute Gasteiger partial charge is 0.324 e. The first-order valence-electron chi connectivity index (χ1n) is 10.8. The third kappa shape index (κ3) is 3.74. The van der Waals surface area contributed by atoms with Crippen molar-refractivity contribution in [2.75, 3.05) is 11.1 Å². The summed E-state index contributed by atoms with van der Waals surface area (Å²) in [5, 5.41) is 23.4. The second-order valence-corrected chi connectivity index (χ2v) is 9.79. The average molecular weight is 463 g/mol. The molecule has 1 amide bonds. The van der Waals surface area contributed by atoms with Crippen molar-refractivity contribution < 1.29 is 4.79 Å². The van der Waals surface area contributed by atoms with Crippen molar-refractivity contribution in [1.82, 2.24) is 19.7 Å². The van der Waals surface area contributed by atoms with Gasteiger partial charge in [0, 0.05) is 16.8 Å². The quantitative estimate of drug-likeness (QED) is 0.334. The highest BCUT2D eigenvalue weighted by molar-refractivity contribution is 7.99. The van der Waals surface area contributed by atoms with E-state index in [9.17, 15) is 10.1 Å². The molecule has 0 atom stereocenters. The van der Waals surface area contributed by atoms with Gasteiger partial charge in [0.2, 0.25) is 11.1 Å². The predicted octanol–water partition coefficient (Wildman–Crippen LogP) is 4.93.